The first kappa shape index (κ1) is 18.3. The lowest BCUT2D eigenvalue weighted by Crippen LogP contribution is -2.17. The van der Waals surface area contributed by atoms with Gasteiger partial charge in [-0.1, -0.05) is 54.3 Å². The van der Waals surface area contributed by atoms with Gasteiger partial charge in [-0.05, 0) is 48.6 Å². The van der Waals surface area contributed by atoms with Gasteiger partial charge < -0.3 is 10.6 Å². The first-order chi connectivity index (χ1) is 14.2. The van der Waals surface area contributed by atoms with Crippen molar-refractivity contribution in [2.45, 2.75) is 12.8 Å². The number of carbonyl (C=O) groups excluding carboxylic acids is 1. The number of thiocarbonyl (C=S) groups is 1. The molecule has 7 heteroatoms. The van der Waals surface area contributed by atoms with E-state index < -0.39 is 0 Å². The zero-order chi connectivity index (χ0) is 19.8. The molecule has 0 atom stereocenters. The Balaban J connectivity index is 1.55. The van der Waals surface area contributed by atoms with E-state index in [1.54, 1.807) is 0 Å². The predicted octanol–water partition coefficient (Wildman–Crippen LogP) is 4.61. The van der Waals surface area contributed by atoms with E-state index >= 15 is 0 Å². The fourth-order valence-electron chi connectivity index (χ4n) is 3.24. The van der Waals surface area contributed by atoms with E-state index in [0.29, 0.717) is 9.23 Å². The highest BCUT2D eigenvalue weighted by atomic mass is 32.2. The summed E-state index contributed by atoms with van der Waals surface area (Å²) in [6, 6.07) is 15.9. The summed E-state index contributed by atoms with van der Waals surface area (Å²) in [4.78, 5) is 22.3. The van der Waals surface area contributed by atoms with Crippen LogP contribution in [0.5, 0.6) is 0 Å². The third-order valence-corrected chi connectivity index (χ3v) is 6.09. The molecular formula is C22H18N4OS2. The van der Waals surface area contributed by atoms with Crippen LogP contribution in [-0.4, -0.2) is 26.7 Å². The molecule has 1 saturated carbocycles. The zero-order valence-corrected chi connectivity index (χ0v) is 17.1. The molecule has 1 saturated heterocycles. The quantitative estimate of drug-likeness (QED) is 0.466. The Kier molecular flexibility index (Phi) is 4.77. The molecule has 0 bridgehead atoms. The Labute approximate surface area is 178 Å². The van der Waals surface area contributed by atoms with Gasteiger partial charge in [0.2, 0.25) is 0 Å². The van der Waals surface area contributed by atoms with Gasteiger partial charge in [-0.15, -0.1) is 0 Å². The van der Waals surface area contributed by atoms with Crippen LogP contribution in [0.25, 0.3) is 28.4 Å². The van der Waals surface area contributed by atoms with Crippen molar-refractivity contribution in [1.29, 1.82) is 0 Å². The first-order valence-corrected chi connectivity index (χ1v) is 10.7. The van der Waals surface area contributed by atoms with E-state index in [-0.39, 0.29) is 5.91 Å². The van der Waals surface area contributed by atoms with Crippen LogP contribution in [0, 0.1) is 5.92 Å². The lowest BCUT2D eigenvalue weighted by atomic mass is 10.1. The summed E-state index contributed by atoms with van der Waals surface area (Å²) in [5.41, 5.74) is 4.44. The monoisotopic (exact) mass is 418 g/mol. The molecule has 2 aromatic carbocycles. The van der Waals surface area contributed by atoms with E-state index in [1.807, 2.05) is 54.6 Å². The number of hydrogen-bond donors (Lipinski definition) is 2. The van der Waals surface area contributed by atoms with Crippen LogP contribution in [0.4, 0.5) is 5.82 Å². The summed E-state index contributed by atoms with van der Waals surface area (Å²) < 4.78 is 0.490. The van der Waals surface area contributed by atoms with Gasteiger partial charge in [-0.25, -0.2) is 9.97 Å². The van der Waals surface area contributed by atoms with Crippen molar-refractivity contribution < 1.29 is 4.79 Å². The topological polar surface area (TPSA) is 66.9 Å². The molecule has 2 aliphatic rings. The molecule has 3 aromatic rings. The van der Waals surface area contributed by atoms with Crippen molar-refractivity contribution in [3.8, 4) is 11.3 Å². The summed E-state index contributed by atoms with van der Waals surface area (Å²) in [5, 5.41) is 6.15. The Morgan fingerprint density at radius 3 is 2.66 bits per heavy atom. The number of aromatic nitrogens is 2. The van der Waals surface area contributed by atoms with Gasteiger partial charge in [-0.3, -0.25) is 4.79 Å². The van der Waals surface area contributed by atoms with Crippen molar-refractivity contribution in [2.24, 2.45) is 5.92 Å². The zero-order valence-electron chi connectivity index (χ0n) is 15.5. The fraction of sp³-hybridized carbons (Fsp3) is 0.182. The molecule has 0 unspecified atom stereocenters. The van der Waals surface area contributed by atoms with Gasteiger partial charge in [0, 0.05) is 12.1 Å². The van der Waals surface area contributed by atoms with Crippen LogP contribution in [0.1, 0.15) is 18.4 Å². The van der Waals surface area contributed by atoms with Gasteiger partial charge in [-0.2, -0.15) is 0 Å². The maximum Gasteiger partial charge on any atom is 0.263 e. The van der Waals surface area contributed by atoms with Crippen LogP contribution >= 0.6 is 24.0 Å². The highest BCUT2D eigenvalue weighted by molar-refractivity contribution is 8.26. The number of amides is 1. The molecule has 29 heavy (non-hydrogen) atoms. The molecule has 0 spiro atoms. The number of para-hydroxylation sites is 2. The van der Waals surface area contributed by atoms with E-state index in [2.05, 4.69) is 10.6 Å². The number of anilines is 1. The highest BCUT2D eigenvalue weighted by Crippen LogP contribution is 2.33. The van der Waals surface area contributed by atoms with Crippen molar-refractivity contribution in [1.82, 2.24) is 15.3 Å². The van der Waals surface area contributed by atoms with Crippen LogP contribution in [0.3, 0.4) is 0 Å². The molecule has 1 aromatic heterocycles. The number of rotatable bonds is 5. The number of carbonyl (C=O) groups is 1. The number of nitrogens with one attached hydrogen (secondary N) is 2. The van der Waals surface area contributed by atoms with Crippen LogP contribution < -0.4 is 10.6 Å². The Morgan fingerprint density at radius 2 is 1.93 bits per heavy atom. The first-order valence-electron chi connectivity index (χ1n) is 9.52. The number of thioether (sulfide) groups is 1. The lowest BCUT2D eigenvalue weighted by molar-refractivity contribution is -0.115. The second-order valence-corrected chi connectivity index (χ2v) is 8.93. The molecule has 0 radical (unpaired) electrons. The van der Waals surface area contributed by atoms with E-state index in [1.165, 1.54) is 24.6 Å². The van der Waals surface area contributed by atoms with E-state index in [0.717, 1.165) is 46.1 Å². The third kappa shape index (κ3) is 4.02. The molecule has 2 N–H and O–H groups in total. The number of nitrogens with zero attached hydrogens (tertiary/aromatic N) is 2. The molecular weight excluding hydrogens is 400 g/mol. The van der Waals surface area contributed by atoms with Gasteiger partial charge in [0.05, 0.1) is 15.9 Å². The molecule has 1 aliphatic heterocycles. The number of fused-ring (bicyclic) bond motifs is 1. The largest absolute Gasteiger partial charge is 0.368 e. The number of hydrogen-bond acceptors (Lipinski definition) is 6. The highest BCUT2D eigenvalue weighted by Gasteiger charge is 2.23. The SMILES string of the molecule is O=C1NC(=S)S/C1=C\c1cccc(-c2nc3ccccc3nc2NCC2CC2)c1. The minimum absolute atomic E-state index is 0.150. The maximum atomic E-state index is 12.0. The number of benzene rings is 2. The van der Waals surface area contributed by atoms with Gasteiger partial charge in [0.1, 0.15) is 10.0 Å². The van der Waals surface area contributed by atoms with Gasteiger partial charge >= 0.3 is 0 Å². The van der Waals surface area contributed by atoms with Crippen molar-refractivity contribution in [3.05, 3.63) is 59.0 Å². The van der Waals surface area contributed by atoms with Crippen LogP contribution in [0.2, 0.25) is 0 Å². The second kappa shape index (κ2) is 7.57. The second-order valence-electron chi connectivity index (χ2n) is 7.21. The van der Waals surface area contributed by atoms with E-state index in [9.17, 15) is 4.79 Å². The molecule has 2 heterocycles. The van der Waals surface area contributed by atoms with Crippen molar-refractivity contribution >= 4 is 57.1 Å². The summed E-state index contributed by atoms with van der Waals surface area (Å²) in [7, 11) is 0. The van der Waals surface area contributed by atoms with Gasteiger partial charge in [0.25, 0.3) is 5.91 Å². The Hall–Kier alpha value is -2.77. The van der Waals surface area contributed by atoms with Crippen LogP contribution in [-0.2, 0) is 4.79 Å². The Morgan fingerprint density at radius 1 is 1.14 bits per heavy atom. The molecule has 144 valence electrons. The van der Waals surface area contributed by atoms with E-state index in [4.69, 9.17) is 22.2 Å². The minimum Gasteiger partial charge on any atom is -0.368 e. The summed E-state index contributed by atoms with van der Waals surface area (Å²) >= 11 is 6.36. The van der Waals surface area contributed by atoms with Crippen molar-refractivity contribution in [3.63, 3.8) is 0 Å². The van der Waals surface area contributed by atoms with Crippen molar-refractivity contribution in [2.75, 3.05) is 11.9 Å². The minimum atomic E-state index is -0.150. The Bertz CT molecular complexity index is 1170. The normalized spacial score (nSPS) is 17.7. The predicted molar refractivity (Wildman–Crippen MR) is 122 cm³/mol. The van der Waals surface area contributed by atoms with Crippen LogP contribution in [0.15, 0.2) is 53.4 Å². The lowest BCUT2D eigenvalue weighted by Gasteiger charge is -2.12. The molecule has 5 nitrogen and oxygen atoms in total. The summed E-state index contributed by atoms with van der Waals surface area (Å²) in [6.07, 6.45) is 4.40. The maximum absolute atomic E-state index is 12.0. The third-order valence-electron chi connectivity index (χ3n) is 4.93. The average molecular weight is 419 g/mol. The summed E-state index contributed by atoms with van der Waals surface area (Å²) in [6.45, 7) is 0.915. The molecule has 2 fully saturated rings. The molecule has 5 rings (SSSR count). The van der Waals surface area contributed by atoms with Gasteiger partial charge in [0.15, 0.2) is 5.82 Å². The standard InChI is InChI=1S/C22H18N4OS2/c27-21-18(29-22(28)26-21)11-14-4-3-5-15(10-14)19-20(23-12-13-8-9-13)25-17-7-2-1-6-16(17)24-19/h1-7,10-11,13H,8-9,12H2,(H,23,25)(H,26,27,28)/b18-11-. The summed E-state index contributed by atoms with van der Waals surface area (Å²) in [5.74, 6) is 1.38. The molecule has 1 aliphatic carbocycles. The fourth-order valence-corrected chi connectivity index (χ4v) is 4.28. The smallest absolute Gasteiger partial charge is 0.263 e. The molecule has 1 amide bonds. The average Bonchev–Trinajstić information content (AvgIpc) is 3.50.